The van der Waals surface area contributed by atoms with Crippen LogP contribution in [0.4, 0.5) is 0 Å². The second-order valence-corrected chi connectivity index (χ2v) is 4.52. The van der Waals surface area contributed by atoms with Crippen molar-refractivity contribution in [1.29, 1.82) is 0 Å². The standard InChI is InChI=1S/C14H15NO2/c1-10-9-12(15-8-4-7-14(15)16)11-5-2-3-6-13(11)17-10/h2-3,5-6,9-10H,4,7-8H2,1H3. The van der Waals surface area contributed by atoms with Gasteiger partial charge in [0, 0.05) is 18.5 Å². The molecule has 1 aromatic carbocycles. The van der Waals surface area contributed by atoms with Gasteiger partial charge in [0.25, 0.3) is 0 Å². The van der Waals surface area contributed by atoms with Gasteiger partial charge in [0.1, 0.15) is 11.9 Å². The van der Waals surface area contributed by atoms with Gasteiger partial charge in [-0.2, -0.15) is 0 Å². The van der Waals surface area contributed by atoms with Crippen LogP contribution >= 0.6 is 0 Å². The predicted octanol–water partition coefficient (Wildman–Crippen LogP) is 2.43. The van der Waals surface area contributed by atoms with Crippen LogP contribution in [0.5, 0.6) is 5.75 Å². The molecule has 0 saturated carbocycles. The van der Waals surface area contributed by atoms with Crippen molar-refractivity contribution in [1.82, 2.24) is 4.90 Å². The van der Waals surface area contributed by atoms with Gasteiger partial charge in [0.15, 0.2) is 0 Å². The van der Waals surface area contributed by atoms with Crippen LogP contribution in [0, 0.1) is 0 Å². The number of likely N-dealkylation sites (tertiary alicyclic amines) is 1. The van der Waals surface area contributed by atoms with Crippen molar-refractivity contribution in [2.75, 3.05) is 6.54 Å². The zero-order valence-electron chi connectivity index (χ0n) is 9.85. The molecule has 0 radical (unpaired) electrons. The topological polar surface area (TPSA) is 29.5 Å². The number of benzene rings is 1. The minimum Gasteiger partial charge on any atom is -0.486 e. The number of carbonyl (C=O) groups is 1. The molecule has 0 bridgehead atoms. The summed E-state index contributed by atoms with van der Waals surface area (Å²) in [5, 5.41) is 0. The normalized spacial score (nSPS) is 23.1. The van der Waals surface area contributed by atoms with Gasteiger partial charge in [-0.25, -0.2) is 0 Å². The third-order valence-electron chi connectivity index (χ3n) is 3.23. The third kappa shape index (κ3) is 1.71. The zero-order valence-corrected chi connectivity index (χ0v) is 9.85. The number of ether oxygens (including phenoxy) is 1. The Bertz CT molecular complexity index is 493. The van der Waals surface area contributed by atoms with Gasteiger partial charge in [-0.3, -0.25) is 4.79 Å². The molecule has 1 aromatic rings. The summed E-state index contributed by atoms with van der Waals surface area (Å²) in [7, 11) is 0. The Balaban J connectivity index is 2.05. The molecule has 2 aliphatic heterocycles. The van der Waals surface area contributed by atoms with Crippen molar-refractivity contribution in [3.8, 4) is 5.75 Å². The van der Waals surface area contributed by atoms with Gasteiger partial charge in [-0.1, -0.05) is 12.1 Å². The number of nitrogens with zero attached hydrogens (tertiary/aromatic N) is 1. The minimum atomic E-state index is 0.0216. The third-order valence-corrected chi connectivity index (χ3v) is 3.23. The summed E-state index contributed by atoms with van der Waals surface area (Å²) in [6.45, 7) is 2.82. The van der Waals surface area contributed by atoms with Crippen LogP contribution < -0.4 is 4.74 Å². The van der Waals surface area contributed by atoms with E-state index in [0.29, 0.717) is 6.42 Å². The summed E-state index contributed by atoms with van der Waals surface area (Å²) in [5.74, 6) is 1.09. The summed E-state index contributed by atoms with van der Waals surface area (Å²) in [6.07, 6.45) is 3.67. The van der Waals surface area contributed by atoms with Crippen molar-refractivity contribution in [3.63, 3.8) is 0 Å². The molecule has 1 saturated heterocycles. The fourth-order valence-electron chi connectivity index (χ4n) is 2.47. The highest BCUT2D eigenvalue weighted by Crippen LogP contribution is 2.35. The van der Waals surface area contributed by atoms with E-state index in [9.17, 15) is 4.79 Å². The lowest BCUT2D eigenvalue weighted by molar-refractivity contribution is -0.124. The molecule has 2 aliphatic rings. The molecule has 0 spiro atoms. The van der Waals surface area contributed by atoms with E-state index in [1.54, 1.807) is 0 Å². The van der Waals surface area contributed by atoms with Gasteiger partial charge in [-0.15, -0.1) is 0 Å². The second kappa shape index (κ2) is 3.91. The summed E-state index contributed by atoms with van der Waals surface area (Å²) >= 11 is 0. The lowest BCUT2D eigenvalue weighted by Gasteiger charge is -2.28. The monoisotopic (exact) mass is 229 g/mol. The zero-order chi connectivity index (χ0) is 11.8. The van der Waals surface area contributed by atoms with Gasteiger partial charge in [-0.05, 0) is 31.6 Å². The van der Waals surface area contributed by atoms with E-state index in [1.165, 1.54) is 0 Å². The Labute approximate surface area is 101 Å². The SMILES string of the molecule is CC1C=C(N2CCCC2=O)c2ccccc2O1. The Morgan fingerprint density at radius 3 is 2.94 bits per heavy atom. The van der Waals surface area contributed by atoms with E-state index in [0.717, 1.165) is 30.0 Å². The van der Waals surface area contributed by atoms with Gasteiger partial charge in [0.2, 0.25) is 5.91 Å². The summed E-state index contributed by atoms with van der Waals surface area (Å²) in [6, 6.07) is 7.91. The predicted molar refractivity (Wildman–Crippen MR) is 65.5 cm³/mol. The van der Waals surface area contributed by atoms with Crippen molar-refractivity contribution in [3.05, 3.63) is 35.9 Å². The van der Waals surface area contributed by atoms with Crippen LogP contribution in [0.1, 0.15) is 25.3 Å². The number of carbonyl (C=O) groups excluding carboxylic acids is 1. The molecule has 3 rings (SSSR count). The van der Waals surface area contributed by atoms with Crippen molar-refractivity contribution in [2.24, 2.45) is 0 Å². The lowest BCUT2D eigenvalue weighted by atomic mass is 10.1. The molecule has 88 valence electrons. The van der Waals surface area contributed by atoms with E-state index in [2.05, 4.69) is 0 Å². The van der Waals surface area contributed by atoms with Gasteiger partial charge >= 0.3 is 0 Å². The maximum Gasteiger partial charge on any atom is 0.227 e. The molecule has 1 fully saturated rings. The molecule has 17 heavy (non-hydrogen) atoms. The van der Waals surface area contributed by atoms with Crippen LogP contribution in [0.15, 0.2) is 30.3 Å². The first kappa shape index (κ1) is 10.4. The fraction of sp³-hybridized carbons (Fsp3) is 0.357. The highest BCUT2D eigenvalue weighted by molar-refractivity contribution is 5.90. The largest absolute Gasteiger partial charge is 0.486 e. The first-order valence-electron chi connectivity index (χ1n) is 6.04. The van der Waals surface area contributed by atoms with Crippen LogP contribution in [0.3, 0.4) is 0 Å². The van der Waals surface area contributed by atoms with Crippen LogP contribution in [-0.4, -0.2) is 23.5 Å². The molecular weight excluding hydrogens is 214 g/mol. The molecule has 0 aromatic heterocycles. The van der Waals surface area contributed by atoms with Crippen LogP contribution in [-0.2, 0) is 4.79 Å². The van der Waals surface area contributed by atoms with Gasteiger partial charge in [0.05, 0.1) is 5.70 Å². The number of hydrogen-bond donors (Lipinski definition) is 0. The van der Waals surface area contributed by atoms with Crippen molar-refractivity contribution >= 4 is 11.6 Å². The molecule has 0 aliphatic carbocycles. The van der Waals surface area contributed by atoms with E-state index in [1.807, 2.05) is 42.2 Å². The molecule has 3 heteroatoms. The summed E-state index contributed by atoms with van der Waals surface area (Å²) in [5.41, 5.74) is 2.04. The fourth-order valence-corrected chi connectivity index (χ4v) is 2.47. The molecule has 1 amide bonds. The Hall–Kier alpha value is -1.77. The van der Waals surface area contributed by atoms with E-state index < -0.39 is 0 Å². The molecule has 3 nitrogen and oxygen atoms in total. The molecular formula is C14H15NO2. The highest BCUT2D eigenvalue weighted by Gasteiger charge is 2.28. The van der Waals surface area contributed by atoms with Crippen molar-refractivity contribution in [2.45, 2.75) is 25.9 Å². The maximum absolute atomic E-state index is 11.8. The number of rotatable bonds is 1. The second-order valence-electron chi connectivity index (χ2n) is 4.52. The van der Waals surface area contributed by atoms with Crippen molar-refractivity contribution < 1.29 is 9.53 Å². The number of amides is 1. The lowest BCUT2D eigenvalue weighted by Crippen LogP contribution is -2.27. The maximum atomic E-state index is 11.8. The van der Waals surface area contributed by atoms with Gasteiger partial charge < -0.3 is 9.64 Å². The first-order valence-corrected chi connectivity index (χ1v) is 6.04. The number of para-hydroxylation sites is 1. The van der Waals surface area contributed by atoms with E-state index in [-0.39, 0.29) is 12.0 Å². The highest BCUT2D eigenvalue weighted by atomic mass is 16.5. The molecule has 1 atom stereocenters. The van der Waals surface area contributed by atoms with Crippen LogP contribution in [0.25, 0.3) is 5.70 Å². The first-order chi connectivity index (χ1) is 8.25. The number of hydrogen-bond acceptors (Lipinski definition) is 2. The Morgan fingerprint density at radius 2 is 2.18 bits per heavy atom. The minimum absolute atomic E-state index is 0.0216. The quantitative estimate of drug-likeness (QED) is 0.740. The molecule has 1 unspecified atom stereocenters. The Kier molecular flexibility index (Phi) is 2.39. The average molecular weight is 229 g/mol. The summed E-state index contributed by atoms with van der Waals surface area (Å²) in [4.78, 5) is 13.7. The Morgan fingerprint density at radius 1 is 1.35 bits per heavy atom. The molecule has 0 N–H and O–H groups in total. The van der Waals surface area contributed by atoms with E-state index in [4.69, 9.17) is 4.74 Å². The number of fused-ring (bicyclic) bond motifs is 1. The molecule has 2 heterocycles. The summed E-state index contributed by atoms with van der Waals surface area (Å²) < 4.78 is 5.74. The van der Waals surface area contributed by atoms with E-state index >= 15 is 0 Å². The average Bonchev–Trinajstić information content (AvgIpc) is 2.74. The smallest absolute Gasteiger partial charge is 0.227 e. The van der Waals surface area contributed by atoms with Crippen LogP contribution in [0.2, 0.25) is 0 Å².